The average molecular weight is 533 g/mol. The largest absolute Gasteiger partial charge is 0.379 e. The minimum absolute atomic E-state index is 0.00133. The number of hydrogen-bond donors (Lipinski definition) is 1. The van der Waals surface area contributed by atoms with E-state index in [0.717, 1.165) is 22.4 Å². The molecule has 0 saturated carbocycles. The second kappa shape index (κ2) is 9.06. The van der Waals surface area contributed by atoms with Gasteiger partial charge in [-0.15, -0.1) is 0 Å². The number of amides is 1. The van der Waals surface area contributed by atoms with Crippen molar-refractivity contribution in [2.24, 2.45) is 9.39 Å². The number of amidine groups is 3. The first-order chi connectivity index (χ1) is 16.4. The van der Waals surface area contributed by atoms with Gasteiger partial charge in [-0.2, -0.15) is 17.8 Å². The highest BCUT2D eigenvalue weighted by Gasteiger charge is 2.43. The molecule has 13 heteroatoms. The van der Waals surface area contributed by atoms with E-state index in [9.17, 15) is 21.6 Å². The number of carbonyl (C=O) groups excluding carboxylic acids is 1. The first-order valence-electron chi connectivity index (χ1n) is 10.2. The van der Waals surface area contributed by atoms with Crippen molar-refractivity contribution in [2.45, 2.75) is 30.9 Å². The standard InChI is InChI=1S/C22H20N4O6S3/c1-13(2)34(28,29)22-25-33-21-24-20(27)18(19(23)26(21)22)12-15-6-8-16(9-7-15)32-35(30,31)17-10-4-14(3)5-11-17/h4-13,23H,1-3H3/b18-12-,23-19?. The van der Waals surface area contributed by atoms with Crippen LogP contribution in [0.4, 0.5) is 0 Å². The molecule has 0 aliphatic carbocycles. The normalized spacial score (nSPS) is 17.5. The fourth-order valence-corrected chi connectivity index (χ4v) is 6.05. The summed E-state index contributed by atoms with van der Waals surface area (Å²) in [6.45, 7) is 4.83. The highest BCUT2D eigenvalue weighted by atomic mass is 32.2. The SMILES string of the molecule is Cc1ccc(S(=O)(=O)Oc2ccc(/C=C3/C(=N)N4C(=NC3=O)SN=C4S(=O)(=O)C(C)C)cc2)cc1. The Balaban J connectivity index is 1.58. The molecule has 0 spiro atoms. The lowest BCUT2D eigenvalue weighted by atomic mass is 10.1. The van der Waals surface area contributed by atoms with E-state index in [-0.39, 0.29) is 32.4 Å². The molecule has 0 bridgehead atoms. The van der Waals surface area contributed by atoms with Crippen LogP contribution in [0.1, 0.15) is 25.0 Å². The van der Waals surface area contributed by atoms with Gasteiger partial charge < -0.3 is 4.18 Å². The zero-order chi connectivity index (χ0) is 25.5. The summed E-state index contributed by atoms with van der Waals surface area (Å²) < 4.78 is 59.3. The highest BCUT2D eigenvalue weighted by Crippen LogP contribution is 2.31. The van der Waals surface area contributed by atoms with E-state index in [4.69, 9.17) is 9.59 Å². The molecule has 0 atom stereocenters. The van der Waals surface area contributed by atoms with Gasteiger partial charge in [0.1, 0.15) is 16.5 Å². The van der Waals surface area contributed by atoms with Crippen molar-refractivity contribution in [3.05, 3.63) is 65.2 Å². The van der Waals surface area contributed by atoms with Crippen LogP contribution in [-0.2, 0) is 24.7 Å². The molecule has 10 nitrogen and oxygen atoms in total. The Hall–Kier alpha value is -3.29. The molecule has 1 amide bonds. The molecule has 2 aliphatic rings. The lowest BCUT2D eigenvalue weighted by molar-refractivity contribution is -0.114. The molecule has 0 radical (unpaired) electrons. The molecular formula is C22H20N4O6S3. The number of nitrogens with zero attached hydrogens (tertiary/aromatic N) is 3. The van der Waals surface area contributed by atoms with Gasteiger partial charge >= 0.3 is 10.1 Å². The van der Waals surface area contributed by atoms with Crippen LogP contribution >= 0.6 is 11.9 Å². The molecule has 4 rings (SSSR count). The molecule has 0 aromatic heterocycles. The van der Waals surface area contributed by atoms with Gasteiger partial charge in [0, 0.05) is 0 Å². The molecule has 2 aliphatic heterocycles. The summed E-state index contributed by atoms with van der Waals surface area (Å²) in [4.78, 5) is 17.5. The van der Waals surface area contributed by atoms with Crippen LogP contribution in [0.3, 0.4) is 0 Å². The second-order valence-corrected chi connectivity index (χ2v) is 12.6. The van der Waals surface area contributed by atoms with Crippen molar-refractivity contribution in [2.75, 3.05) is 0 Å². The Morgan fingerprint density at radius 1 is 1.03 bits per heavy atom. The van der Waals surface area contributed by atoms with Crippen LogP contribution in [0.25, 0.3) is 6.08 Å². The van der Waals surface area contributed by atoms with E-state index >= 15 is 0 Å². The summed E-state index contributed by atoms with van der Waals surface area (Å²) in [7, 11) is -7.85. The van der Waals surface area contributed by atoms with Gasteiger partial charge in [-0.05, 0) is 56.7 Å². The predicted octanol–water partition coefficient (Wildman–Crippen LogP) is 3.16. The number of nitrogens with one attached hydrogen (secondary N) is 1. The minimum atomic E-state index is -4.03. The third-order valence-corrected chi connectivity index (χ3v) is 9.18. The Morgan fingerprint density at radius 2 is 1.66 bits per heavy atom. The number of benzene rings is 2. The van der Waals surface area contributed by atoms with E-state index in [0.29, 0.717) is 5.56 Å². The maximum absolute atomic E-state index is 12.6. The van der Waals surface area contributed by atoms with Crippen molar-refractivity contribution in [1.82, 2.24) is 4.90 Å². The van der Waals surface area contributed by atoms with Gasteiger partial charge in [0.05, 0.1) is 22.8 Å². The zero-order valence-corrected chi connectivity index (χ0v) is 21.2. The number of sulfone groups is 1. The van der Waals surface area contributed by atoms with Gasteiger partial charge in [0.25, 0.3) is 5.91 Å². The summed E-state index contributed by atoms with van der Waals surface area (Å²) in [6.07, 6.45) is 1.37. The van der Waals surface area contributed by atoms with Crippen LogP contribution in [0.15, 0.2) is 68.4 Å². The Morgan fingerprint density at radius 3 is 2.26 bits per heavy atom. The quantitative estimate of drug-likeness (QED) is 0.351. The van der Waals surface area contributed by atoms with Crippen molar-refractivity contribution in [3.8, 4) is 5.75 Å². The summed E-state index contributed by atoms with van der Waals surface area (Å²) >= 11 is 0.723. The number of aliphatic imine (C=N–C) groups is 1. The van der Waals surface area contributed by atoms with E-state index in [1.54, 1.807) is 12.1 Å². The number of rotatable bonds is 5. The summed E-state index contributed by atoms with van der Waals surface area (Å²) in [5.74, 6) is -1.02. The maximum atomic E-state index is 12.6. The summed E-state index contributed by atoms with van der Waals surface area (Å²) in [5.41, 5.74) is 1.23. The molecular weight excluding hydrogens is 512 g/mol. The fraction of sp³-hybridized carbons (Fsp3) is 0.182. The van der Waals surface area contributed by atoms with Crippen molar-refractivity contribution in [1.29, 1.82) is 5.41 Å². The average Bonchev–Trinajstić information content (AvgIpc) is 3.22. The third kappa shape index (κ3) is 4.79. The van der Waals surface area contributed by atoms with Crippen LogP contribution in [0, 0.1) is 12.3 Å². The lowest BCUT2D eigenvalue weighted by Crippen LogP contribution is -2.46. The lowest BCUT2D eigenvalue weighted by Gasteiger charge is -2.25. The van der Waals surface area contributed by atoms with Crippen LogP contribution in [0.2, 0.25) is 0 Å². The van der Waals surface area contributed by atoms with Gasteiger partial charge in [-0.3, -0.25) is 10.2 Å². The zero-order valence-electron chi connectivity index (χ0n) is 18.8. The van der Waals surface area contributed by atoms with E-state index in [2.05, 4.69) is 9.39 Å². The number of carbonyl (C=O) groups is 1. The van der Waals surface area contributed by atoms with Crippen molar-refractivity contribution < 1.29 is 25.8 Å². The summed E-state index contributed by atoms with van der Waals surface area (Å²) in [5, 5.41) is 7.35. The maximum Gasteiger partial charge on any atom is 0.339 e. The Labute approximate surface area is 207 Å². The Kier molecular flexibility index (Phi) is 6.42. The second-order valence-electron chi connectivity index (χ2n) is 7.92. The smallest absolute Gasteiger partial charge is 0.339 e. The molecule has 2 heterocycles. The number of fused-ring (bicyclic) bond motifs is 1. The van der Waals surface area contributed by atoms with E-state index < -0.39 is 31.1 Å². The molecule has 0 fully saturated rings. The minimum Gasteiger partial charge on any atom is -0.379 e. The molecule has 2 aromatic rings. The van der Waals surface area contributed by atoms with Crippen LogP contribution in [0.5, 0.6) is 5.75 Å². The van der Waals surface area contributed by atoms with E-state index in [1.807, 2.05) is 6.92 Å². The molecule has 0 unspecified atom stereocenters. The van der Waals surface area contributed by atoms with Crippen LogP contribution in [-0.4, -0.2) is 49.1 Å². The topological polar surface area (TPSA) is 146 Å². The molecule has 35 heavy (non-hydrogen) atoms. The number of aryl methyl sites for hydroxylation is 1. The van der Waals surface area contributed by atoms with Crippen molar-refractivity contribution >= 4 is 60.1 Å². The molecule has 0 saturated heterocycles. The molecule has 2 aromatic carbocycles. The first kappa shape index (κ1) is 24.8. The highest BCUT2D eigenvalue weighted by molar-refractivity contribution is 8.16. The van der Waals surface area contributed by atoms with Crippen LogP contribution < -0.4 is 4.18 Å². The predicted molar refractivity (Wildman–Crippen MR) is 135 cm³/mol. The Bertz CT molecular complexity index is 1520. The molecule has 182 valence electrons. The van der Waals surface area contributed by atoms with Gasteiger partial charge in [0.15, 0.2) is 0 Å². The monoisotopic (exact) mass is 532 g/mol. The number of hydrogen-bond acceptors (Lipinski definition) is 9. The van der Waals surface area contributed by atoms with Gasteiger partial charge in [-0.25, -0.2) is 13.3 Å². The summed E-state index contributed by atoms with van der Waals surface area (Å²) in [6, 6.07) is 12.1. The van der Waals surface area contributed by atoms with Crippen molar-refractivity contribution in [3.63, 3.8) is 0 Å². The van der Waals surface area contributed by atoms with Gasteiger partial charge in [0.2, 0.25) is 20.2 Å². The third-order valence-electron chi connectivity index (χ3n) is 5.08. The van der Waals surface area contributed by atoms with E-state index in [1.165, 1.54) is 56.3 Å². The van der Waals surface area contributed by atoms with Gasteiger partial charge in [-0.1, -0.05) is 29.8 Å². The molecule has 1 N–H and O–H groups in total. The first-order valence-corrected chi connectivity index (χ1v) is 14.0. The fourth-order valence-electron chi connectivity index (χ4n) is 3.06.